The number of nitrogens with one attached hydrogen (secondary N) is 1. The predicted molar refractivity (Wildman–Crippen MR) is 130 cm³/mol. The zero-order valence-electron chi connectivity index (χ0n) is 18.7. The molecule has 0 bridgehead atoms. The van der Waals surface area contributed by atoms with Crippen molar-refractivity contribution in [3.8, 4) is 11.3 Å². The van der Waals surface area contributed by atoms with Crippen molar-refractivity contribution >= 4 is 29.3 Å². The molecule has 3 rings (SSSR count). The number of amides is 2. The van der Waals surface area contributed by atoms with E-state index in [-0.39, 0.29) is 22.8 Å². The van der Waals surface area contributed by atoms with Gasteiger partial charge in [0, 0.05) is 37.3 Å². The van der Waals surface area contributed by atoms with E-state index in [1.54, 1.807) is 11.9 Å². The van der Waals surface area contributed by atoms with Crippen LogP contribution in [0.5, 0.6) is 0 Å². The van der Waals surface area contributed by atoms with Crippen LogP contribution in [-0.2, 0) is 16.0 Å². The van der Waals surface area contributed by atoms with Crippen LogP contribution >= 0.6 is 11.8 Å². The average Bonchev–Trinajstić information content (AvgIpc) is 3.28. The molecule has 0 aliphatic heterocycles. The lowest BCUT2D eigenvalue weighted by atomic mass is 10.1. The van der Waals surface area contributed by atoms with Gasteiger partial charge in [0.15, 0.2) is 0 Å². The summed E-state index contributed by atoms with van der Waals surface area (Å²) in [4.78, 5) is 26.5. The van der Waals surface area contributed by atoms with E-state index in [1.807, 2.05) is 74.5 Å². The van der Waals surface area contributed by atoms with Crippen LogP contribution in [0, 0.1) is 6.92 Å². The van der Waals surface area contributed by atoms with Gasteiger partial charge in [-0.2, -0.15) is 0 Å². The fourth-order valence-corrected chi connectivity index (χ4v) is 3.99. The van der Waals surface area contributed by atoms with Crippen molar-refractivity contribution in [1.29, 1.82) is 0 Å². The maximum Gasteiger partial charge on any atom is 0.235 e. The van der Waals surface area contributed by atoms with Gasteiger partial charge in [-0.1, -0.05) is 53.2 Å². The molecule has 7 heteroatoms. The minimum absolute atomic E-state index is 0.0145. The van der Waals surface area contributed by atoms with Crippen LogP contribution in [0.3, 0.4) is 0 Å². The van der Waals surface area contributed by atoms with Crippen LogP contribution < -0.4 is 5.32 Å². The number of anilines is 1. The Morgan fingerprint density at radius 3 is 2.56 bits per heavy atom. The summed E-state index contributed by atoms with van der Waals surface area (Å²) < 4.78 is 5.43. The van der Waals surface area contributed by atoms with E-state index in [0.717, 1.165) is 34.7 Å². The highest BCUT2D eigenvalue weighted by molar-refractivity contribution is 8.01. The first kappa shape index (κ1) is 23.6. The van der Waals surface area contributed by atoms with Crippen molar-refractivity contribution in [2.24, 2.45) is 0 Å². The minimum Gasteiger partial charge on any atom is -0.361 e. The Hall–Kier alpha value is -3.06. The number of nitrogens with zero attached hydrogens (tertiary/aromatic N) is 2. The fraction of sp³-hybridized carbons (Fsp3) is 0.320. The highest BCUT2D eigenvalue weighted by atomic mass is 32.2. The van der Waals surface area contributed by atoms with Gasteiger partial charge in [0.25, 0.3) is 0 Å². The number of hydrogen-bond donors (Lipinski definition) is 1. The van der Waals surface area contributed by atoms with E-state index >= 15 is 0 Å². The van der Waals surface area contributed by atoms with Crippen molar-refractivity contribution in [2.45, 2.75) is 31.9 Å². The van der Waals surface area contributed by atoms with Gasteiger partial charge in [-0.05, 0) is 32.4 Å². The van der Waals surface area contributed by atoms with E-state index in [0.29, 0.717) is 13.0 Å². The van der Waals surface area contributed by atoms with E-state index in [4.69, 9.17) is 4.52 Å². The molecule has 1 unspecified atom stereocenters. The molecule has 0 aliphatic carbocycles. The molecule has 1 aromatic heterocycles. The van der Waals surface area contributed by atoms with Gasteiger partial charge in [0.1, 0.15) is 11.5 Å². The molecule has 1 heterocycles. The molecule has 1 N–H and O–H groups in total. The van der Waals surface area contributed by atoms with E-state index in [9.17, 15) is 9.59 Å². The first-order chi connectivity index (χ1) is 15.4. The quantitative estimate of drug-likeness (QED) is 0.479. The first-order valence-corrected chi connectivity index (χ1v) is 11.7. The average molecular weight is 452 g/mol. The second-order valence-electron chi connectivity index (χ2n) is 7.78. The normalized spacial score (nSPS) is 11.7. The summed E-state index contributed by atoms with van der Waals surface area (Å²) in [6.45, 7) is 4.45. The van der Waals surface area contributed by atoms with Crippen LogP contribution in [0.4, 0.5) is 5.69 Å². The molecule has 32 heavy (non-hydrogen) atoms. The zero-order chi connectivity index (χ0) is 22.9. The Morgan fingerprint density at radius 2 is 1.84 bits per heavy atom. The molecule has 1 atom stereocenters. The molecule has 168 valence electrons. The van der Waals surface area contributed by atoms with Crippen molar-refractivity contribution < 1.29 is 14.1 Å². The zero-order valence-corrected chi connectivity index (χ0v) is 19.5. The molecule has 0 saturated heterocycles. The second kappa shape index (κ2) is 11.5. The molecule has 0 fully saturated rings. The number of aromatic nitrogens is 1. The monoisotopic (exact) mass is 451 g/mol. The van der Waals surface area contributed by atoms with Crippen molar-refractivity contribution in [3.05, 3.63) is 72.0 Å². The SMILES string of the molecule is Cc1ccc(NC(=O)CSC(C)C(=O)N(C)CCCc2cc(-c3ccccc3)no2)cc1. The van der Waals surface area contributed by atoms with E-state index < -0.39 is 0 Å². The minimum atomic E-state index is -0.293. The van der Waals surface area contributed by atoms with Crippen LogP contribution in [-0.4, -0.2) is 46.5 Å². The second-order valence-corrected chi connectivity index (χ2v) is 9.10. The maximum absolute atomic E-state index is 12.6. The summed E-state index contributed by atoms with van der Waals surface area (Å²) in [7, 11) is 1.79. The summed E-state index contributed by atoms with van der Waals surface area (Å²) in [5.74, 6) is 0.941. The third-order valence-corrected chi connectivity index (χ3v) is 6.20. The van der Waals surface area contributed by atoms with Crippen LogP contribution in [0.25, 0.3) is 11.3 Å². The Kier molecular flexibility index (Phi) is 8.50. The lowest BCUT2D eigenvalue weighted by Crippen LogP contribution is -2.34. The lowest BCUT2D eigenvalue weighted by Gasteiger charge is -2.20. The molecule has 2 aromatic carbocycles. The largest absolute Gasteiger partial charge is 0.361 e. The summed E-state index contributed by atoms with van der Waals surface area (Å²) in [5, 5.41) is 6.69. The molecule has 0 saturated carbocycles. The highest BCUT2D eigenvalue weighted by Crippen LogP contribution is 2.20. The summed E-state index contributed by atoms with van der Waals surface area (Å²) in [6.07, 6.45) is 1.48. The molecule has 0 radical (unpaired) electrons. The fourth-order valence-electron chi connectivity index (χ4n) is 3.19. The van der Waals surface area contributed by atoms with Crippen molar-refractivity contribution in [2.75, 3.05) is 24.7 Å². The van der Waals surface area contributed by atoms with Gasteiger partial charge in [-0.3, -0.25) is 9.59 Å². The lowest BCUT2D eigenvalue weighted by molar-refractivity contribution is -0.129. The van der Waals surface area contributed by atoms with Gasteiger partial charge in [0.2, 0.25) is 11.8 Å². The molecular formula is C25H29N3O3S. The standard InChI is InChI=1S/C25H29N3O3S/c1-18-11-13-21(14-12-18)26-24(29)17-32-19(2)25(30)28(3)15-7-10-22-16-23(27-31-22)20-8-5-4-6-9-20/h4-6,8-9,11-14,16,19H,7,10,15,17H2,1-3H3,(H,26,29). The third kappa shape index (κ3) is 6.99. The molecule has 6 nitrogen and oxygen atoms in total. The summed E-state index contributed by atoms with van der Waals surface area (Å²) in [6, 6.07) is 19.5. The van der Waals surface area contributed by atoms with Crippen molar-refractivity contribution in [1.82, 2.24) is 10.1 Å². The topological polar surface area (TPSA) is 75.4 Å². The van der Waals surface area contributed by atoms with Crippen LogP contribution in [0.2, 0.25) is 0 Å². The Labute approximate surface area is 193 Å². The third-order valence-electron chi connectivity index (χ3n) is 5.07. The van der Waals surface area contributed by atoms with Gasteiger partial charge in [0.05, 0.1) is 11.0 Å². The molecule has 0 aliphatic rings. The van der Waals surface area contributed by atoms with Crippen LogP contribution in [0.15, 0.2) is 65.2 Å². The number of carbonyl (C=O) groups excluding carboxylic acids is 2. The first-order valence-electron chi connectivity index (χ1n) is 10.7. The van der Waals surface area contributed by atoms with Gasteiger partial charge in [-0.15, -0.1) is 11.8 Å². The predicted octanol–water partition coefficient (Wildman–Crippen LogP) is 4.80. The number of aryl methyl sites for hydroxylation is 2. The van der Waals surface area contributed by atoms with E-state index in [1.165, 1.54) is 11.8 Å². The smallest absolute Gasteiger partial charge is 0.235 e. The molecule has 2 amide bonds. The van der Waals surface area contributed by atoms with Gasteiger partial charge >= 0.3 is 0 Å². The highest BCUT2D eigenvalue weighted by Gasteiger charge is 2.19. The molecule has 0 spiro atoms. The molecule has 3 aromatic rings. The Morgan fingerprint density at radius 1 is 1.12 bits per heavy atom. The maximum atomic E-state index is 12.6. The number of hydrogen-bond acceptors (Lipinski definition) is 5. The number of carbonyl (C=O) groups is 2. The number of thioether (sulfide) groups is 1. The van der Waals surface area contributed by atoms with E-state index in [2.05, 4.69) is 10.5 Å². The summed E-state index contributed by atoms with van der Waals surface area (Å²) >= 11 is 1.34. The van der Waals surface area contributed by atoms with Gasteiger partial charge in [-0.25, -0.2) is 0 Å². The Bertz CT molecular complexity index is 1020. The summed E-state index contributed by atoms with van der Waals surface area (Å²) in [5.41, 5.74) is 3.74. The van der Waals surface area contributed by atoms with Crippen LogP contribution in [0.1, 0.15) is 24.7 Å². The number of rotatable bonds is 10. The van der Waals surface area contributed by atoms with Crippen molar-refractivity contribution in [3.63, 3.8) is 0 Å². The van der Waals surface area contributed by atoms with Gasteiger partial charge < -0.3 is 14.7 Å². The number of benzene rings is 2. The Balaban J connectivity index is 1.37. The molecular weight excluding hydrogens is 422 g/mol.